The Labute approximate surface area is 150 Å². The lowest BCUT2D eigenvalue weighted by Gasteiger charge is -2.06. The third-order valence-electron chi connectivity index (χ3n) is 4.03. The molecule has 0 bridgehead atoms. The SMILES string of the molecule is COc1cn(-c2ccccc2)nc1C(=O)NCc1ccc2c(c1)OCO2. The van der Waals surface area contributed by atoms with E-state index >= 15 is 0 Å². The smallest absolute Gasteiger partial charge is 0.275 e. The molecule has 7 nitrogen and oxygen atoms in total. The minimum absolute atomic E-state index is 0.221. The van der Waals surface area contributed by atoms with Crippen molar-refractivity contribution in [3.8, 4) is 22.9 Å². The summed E-state index contributed by atoms with van der Waals surface area (Å²) in [5.41, 5.74) is 1.99. The van der Waals surface area contributed by atoms with Crippen LogP contribution in [0.5, 0.6) is 17.2 Å². The Balaban J connectivity index is 1.50. The molecule has 1 N–H and O–H groups in total. The van der Waals surface area contributed by atoms with Gasteiger partial charge in [0.2, 0.25) is 6.79 Å². The summed E-state index contributed by atoms with van der Waals surface area (Å²) in [5.74, 6) is 1.50. The second kappa shape index (κ2) is 6.79. The van der Waals surface area contributed by atoms with Crippen LogP contribution in [0.25, 0.3) is 5.69 Å². The summed E-state index contributed by atoms with van der Waals surface area (Å²) in [4.78, 5) is 12.6. The van der Waals surface area contributed by atoms with Gasteiger partial charge in [0.15, 0.2) is 22.9 Å². The first-order chi connectivity index (χ1) is 12.7. The highest BCUT2D eigenvalue weighted by molar-refractivity contribution is 5.94. The van der Waals surface area contributed by atoms with Gasteiger partial charge in [0, 0.05) is 6.54 Å². The van der Waals surface area contributed by atoms with Crippen molar-refractivity contribution in [2.75, 3.05) is 13.9 Å². The molecule has 3 aromatic rings. The van der Waals surface area contributed by atoms with Crippen LogP contribution in [0.4, 0.5) is 0 Å². The fourth-order valence-corrected chi connectivity index (χ4v) is 2.69. The maximum Gasteiger partial charge on any atom is 0.275 e. The molecule has 0 spiro atoms. The average Bonchev–Trinajstić information content (AvgIpc) is 3.33. The maximum absolute atomic E-state index is 12.6. The number of carbonyl (C=O) groups excluding carboxylic acids is 1. The van der Waals surface area contributed by atoms with E-state index < -0.39 is 0 Å². The van der Waals surface area contributed by atoms with Gasteiger partial charge in [-0.25, -0.2) is 4.68 Å². The fourth-order valence-electron chi connectivity index (χ4n) is 2.69. The molecule has 1 aromatic heterocycles. The lowest BCUT2D eigenvalue weighted by atomic mass is 10.2. The molecule has 1 amide bonds. The Hall–Kier alpha value is -3.48. The Morgan fingerprint density at radius 2 is 2.00 bits per heavy atom. The highest BCUT2D eigenvalue weighted by Crippen LogP contribution is 2.32. The van der Waals surface area contributed by atoms with Gasteiger partial charge in [-0.05, 0) is 29.8 Å². The van der Waals surface area contributed by atoms with Crippen LogP contribution in [0.3, 0.4) is 0 Å². The summed E-state index contributed by atoms with van der Waals surface area (Å²) in [7, 11) is 1.51. The number of para-hydroxylation sites is 1. The van der Waals surface area contributed by atoms with Crippen molar-refractivity contribution in [1.29, 1.82) is 0 Å². The van der Waals surface area contributed by atoms with Crippen LogP contribution in [0.2, 0.25) is 0 Å². The number of nitrogens with zero attached hydrogens (tertiary/aromatic N) is 2. The number of methoxy groups -OCH3 is 1. The summed E-state index contributed by atoms with van der Waals surface area (Å²) >= 11 is 0. The number of carbonyl (C=O) groups is 1. The number of amides is 1. The van der Waals surface area contributed by atoms with E-state index in [-0.39, 0.29) is 18.4 Å². The van der Waals surface area contributed by atoms with Crippen molar-refractivity contribution in [1.82, 2.24) is 15.1 Å². The molecule has 26 heavy (non-hydrogen) atoms. The van der Waals surface area contributed by atoms with Gasteiger partial charge in [0.25, 0.3) is 5.91 Å². The van der Waals surface area contributed by atoms with Gasteiger partial charge in [-0.1, -0.05) is 24.3 Å². The molecule has 0 radical (unpaired) electrons. The first kappa shape index (κ1) is 16.0. The normalized spacial score (nSPS) is 12.0. The van der Waals surface area contributed by atoms with Crippen molar-refractivity contribution in [2.45, 2.75) is 6.54 Å². The Kier molecular flexibility index (Phi) is 4.18. The van der Waals surface area contributed by atoms with Crippen molar-refractivity contribution >= 4 is 5.91 Å². The number of hydrogen-bond acceptors (Lipinski definition) is 5. The number of rotatable bonds is 5. The lowest BCUT2D eigenvalue weighted by molar-refractivity contribution is 0.0942. The van der Waals surface area contributed by atoms with Gasteiger partial charge >= 0.3 is 0 Å². The van der Waals surface area contributed by atoms with Crippen molar-refractivity contribution in [2.24, 2.45) is 0 Å². The van der Waals surface area contributed by atoms with E-state index in [1.165, 1.54) is 7.11 Å². The summed E-state index contributed by atoms with van der Waals surface area (Å²) in [5, 5.41) is 7.21. The van der Waals surface area contributed by atoms with Crippen LogP contribution in [0, 0.1) is 0 Å². The summed E-state index contributed by atoms with van der Waals surface area (Å²) in [6, 6.07) is 15.1. The molecule has 0 unspecified atom stereocenters. The van der Waals surface area contributed by atoms with Gasteiger partial charge in [0.1, 0.15) is 0 Å². The Bertz CT molecular complexity index is 937. The van der Waals surface area contributed by atoms with Gasteiger partial charge < -0.3 is 19.5 Å². The second-order valence-electron chi connectivity index (χ2n) is 5.70. The first-order valence-corrected chi connectivity index (χ1v) is 8.10. The predicted molar refractivity (Wildman–Crippen MR) is 93.9 cm³/mol. The third-order valence-corrected chi connectivity index (χ3v) is 4.03. The fraction of sp³-hybridized carbons (Fsp3) is 0.158. The molecule has 0 atom stereocenters. The molecule has 0 saturated heterocycles. The molecule has 1 aliphatic heterocycles. The lowest BCUT2D eigenvalue weighted by Crippen LogP contribution is -2.24. The van der Waals surface area contributed by atoms with Crippen molar-refractivity contribution in [3.05, 3.63) is 66.0 Å². The highest BCUT2D eigenvalue weighted by Gasteiger charge is 2.19. The number of benzene rings is 2. The van der Waals surface area contributed by atoms with E-state index in [2.05, 4.69) is 10.4 Å². The topological polar surface area (TPSA) is 74.6 Å². The number of aromatic nitrogens is 2. The van der Waals surface area contributed by atoms with Crippen molar-refractivity contribution < 1.29 is 19.0 Å². The van der Waals surface area contributed by atoms with E-state index in [4.69, 9.17) is 14.2 Å². The zero-order valence-corrected chi connectivity index (χ0v) is 14.1. The van der Waals surface area contributed by atoms with Gasteiger partial charge in [-0.15, -0.1) is 0 Å². The molecule has 7 heteroatoms. The van der Waals surface area contributed by atoms with Gasteiger partial charge in [-0.3, -0.25) is 4.79 Å². The van der Waals surface area contributed by atoms with E-state index in [0.717, 1.165) is 11.3 Å². The third kappa shape index (κ3) is 3.06. The molecule has 4 rings (SSSR count). The maximum atomic E-state index is 12.6. The summed E-state index contributed by atoms with van der Waals surface area (Å²) in [6.45, 7) is 0.566. The summed E-state index contributed by atoms with van der Waals surface area (Å²) < 4.78 is 17.6. The molecule has 0 aliphatic carbocycles. The molecule has 0 fully saturated rings. The standard InChI is InChI=1S/C19H17N3O4/c1-24-17-11-22(14-5-3-2-4-6-14)21-18(17)19(23)20-10-13-7-8-15-16(9-13)26-12-25-15/h2-9,11H,10,12H2,1H3,(H,20,23). The van der Waals surface area contributed by atoms with Crippen LogP contribution < -0.4 is 19.5 Å². The molecular weight excluding hydrogens is 334 g/mol. The van der Waals surface area contributed by atoms with E-state index in [9.17, 15) is 4.79 Å². The van der Waals surface area contributed by atoms with E-state index in [0.29, 0.717) is 23.8 Å². The van der Waals surface area contributed by atoms with Crippen LogP contribution in [0.1, 0.15) is 16.1 Å². The van der Waals surface area contributed by atoms with Crippen LogP contribution >= 0.6 is 0 Å². The minimum atomic E-state index is -0.311. The number of fused-ring (bicyclic) bond motifs is 1. The number of nitrogens with one attached hydrogen (secondary N) is 1. The number of hydrogen-bond donors (Lipinski definition) is 1. The van der Waals surface area contributed by atoms with Crippen molar-refractivity contribution in [3.63, 3.8) is 0 Å². The highest BCUT2D eigenvalue weighted by atomic mass is 16.7. The Morgan fingerprint density at radius 1 is 1.19 bits per heavy atom. The molecular formula is C19H17N3O4. The quantitative estimate of drug-likeness (QED) is 0.765. The van der Waals surface area contributed by atoms with Crippen LogP contribution in [0.15, 0.2) is 54.7 Å². The van der Waals surface area contributed by atoms with E-state index in [1.807, 2.05) is 48.5 Å². The van der Waals surface area contributed by atoms with Gasteiger partial charge in [0.05, 0.1) is 19.0 Å². The monoisotopic (exact) mass is 351 g/mol. The largest absolute Gasteiger partial charge is 0.493 e. The first-order valence-electron chi connectivity index (χ1n) is 8.10. The molecule has 2 aromatic carbocycles. The second-order valence-corrected chi connectivity index (χ2v) is 5.70. The molecule has 0 saturated carbocycles. The number of ether oxygens (including phenoxy) is 3. The van der Waals surface area contributed by atoms with Crippen LogP contribution in [-0.4, -0.2) is 29.6 Å². The molecule has 1 aliphatic rings. The van der Waals surface area contributed by atoms with Crippen LogP contribution in [-0.2, 0) is 6.54 Å². The Morgan fingerprint density at radius 3 is 2.81 bits per heavy atom. The van der Waals surface area contributed by atoms with Gasteiger partial charge in [-0.2, -0.15) is 5.10 Å². The summed E-state index contributed by atoms with van der Waals surface area (Å²) in [6.07, 6.45) is 1.69. The molecule has 132 valence electrons. The zero-order valence-electron chi connectivity index (χ0n) is 14.1. The predicted octanol–water partition coefficient (Wildman–Crippen LogP) is 2.54. The van der Waals surface area contributed by atoms with E-state index in [1.54, 1.807) is 10.9 Å². The minimum Gasteiger partial charge on any atom is -0.493 e. The zero-order chi connectivity index (χ0) is 17.9. The molecule has 2 heterocycles. The average molecular weight is 351 g/mol.